The highest BCUT2D eigenvalue weighted by atomic mass is 19.1. The van der Waals surface area contributed by atoms with Crippen molar-refractivity contribution in [3.63, 3.8) is 0 Å². The Morgan fingerprint density at radius 1 is 0.781 bits per heavy atom. The van der Waals surface area contributed by atoms with Crippen LogP contribution in [0.4, 0.5) is 4.39 Å². The number of benzene rings is 4. The SMILES string of the molecule is O=C(O)c1cc(OCc2cccc(-c3cccc(Oc4ccc(F)cc4)c3)c2)ccc1O. The quantitative estimate of drug-likeness (QED) is 0.362. The van der Waals surface area contributed by atoms with Gasteiger partial charge in [0.2, 0.25) is 0 Å². The van der Waals surface area contributed by atoms with E-state index in [0.717, 1.165) is 16.7 Å². The predicted molar refractivity (Wildman–Crippen MR) is 118 cm³/mol. The summed E-state index contributed by atoms with van der Waals surface area (Å²) in [6.45, 7) is 0.226. The van der Waals surface area contributed by atoms with E-state index in [-0.39, 0.29) is 23.7 Å². The van der Waals surface area contributed by atoms with Crippen LogP contribution in [0.2, 0.25) is 0 Å². The fourth-order valence-electron chi connectivity index (χ4n) is 3.16. The van der Waals surface area contributed by atoms with E-state index in [1.165, 1.54) is 30.3 Å². The minimum absolute atomic E-state index is 0.214. The van der Waals surface area contributed by atoms with Gasteiger partial charge in [-0.15, -0.1) is 0 Å². The van der Waals surface area contributed by atoms with Crippen LogP contribution in [0.3, 0.4) is 0 Å². The van der Waals surface area contributed by atoms with Crippen molar-refractivity contribution in [3.05, 3.63) is 108 Å². The summed E-state index contributed by atoms with van der Waals surface area (Å²) in [7, 11) is 0. The molecule has 0 heterocycles. The maximum absolute atomic E-state index is 13.1. The van der Waals surface area contributed by atoms with Gasteiger partial charge in [-0.3, -0.25) is 0 Å². The Labute approximate surface area is 183 Å². The topological polar surface area (TPSA) is 76.0 Å². The molecule has 32 heavy (non-hydrogen) atoms. The second-order valence-corrected chi connectivity index (χ2v) is 7.06. The molecule has 4 aromatic carbocycles. The van der Waals surface area contributed by atoms with Gasteiger partial charge in [0.25, 0.3) is 0 Å². The lowest BCUT2D eigenvalue weighted by Crippen LogP contribution is -2.00. The molecule has 0 saturated carbocycles. The third-order valence-corrected chi connectivity index (χ3v) is 4.75. The summed E-state index contributed by atoms with van der Waals surface area (Å²) in [5.74, 6) is -0.342. The molecule has 0 bridgehead atoms. The first-order chi connectivity index (χ1) is 15.5. The highest BCUT2D eigenvalue weighted by Crippen LogP contribution is 2.29. The number of halogens is 1. The van der Waals surface area contributed by atoms with Crippen LogP contribution in [0.1, 0.15) is 15.9 Å². The molecule has 6 heteroatoms. The molecule has 4 rings (SSSR count). The monoisotopic (exact) mass is 430 g/mol. The molecule has 0 spiro atoms. The molecule has 0 unspecified atom stereocenters. The number of carboxylic acids is 1. The Morgan fingerprint density at radius 3 is 2.22 bits per heavy atom. The fourth-order valence-corrected chi connectivity index (χ4v) is 3.16. The molecular formula is C26H19FO5. The third-order valence-electron chi connectivity index (χ3n) is 4.75. The van der Waals surface area contributed by atoms with E-state index in [0.29, 0.717) is 17.2 Å². The molecule has 0 amide bonds. The fraction of sp³-hybridized carbons (Fsp3) is 0.0385. The van der Waals surface area contributed by atoms with E-state index in [1.54, 1.807) is 12.1 Å². The van der Waals surface area contributed by atoms with Crippen LogP contribution < -0.4 is 9.47 Å². The Morgan fingerprint density at radius 2 is 1.47 bits per heavy atom. The minimum atomic E-state index is -1.22. The second-order valence-electron chi connectivity index (χ2n) is 7.06. The molecule has 0 saturated heterocycles. The van der Waals surface area contributed by atoms with Crippen molar-refractivity contribution in [2.24, 2.45) is 0 Å². The van der Waals surface area contributed by atoms with Crippen LogP contribution in [0, 0.1) is 5.82 Å². The van der Waals surface area contributed by atoms with E-state index < -0.39 is 5.97 Å². The zero-order valence-corrected chi connectivity index (χ0v) is 16.9. The van der Waals surface area contributed by atoms with Crippen LogP contribution in [-0.2, 0) is 6.61 Å². The summed E-state index contributed by atoms with van der Waals surface area (Å²) in [6.07, 6.45) is 0. The van der Waals surface area contributed by atoms with Crippen LogP contribution in [0.15, 0.2) is 91.0 Å². The van der Waals surface area contributed by atoms with Gasteiger partial charge in [0.05, 0.1) is 0 Å². The van der Waals surface area contributed by atoms with Crippen molar-refractivity contribution in [3.8, 4) is 34.1 Å². The molecule has 0 radical (unpaired) electrons. The predicted octanol–water partition coefficient (Wildman–Crippen LogP) is 6.27. The molecule has 0 aliphatic rings. The van der Waals surface area contributed by atoms with Crippen molar-refractivity contribution < 1.29 is 28.9 Å². The molecule has 0 aliphatic heterocycles. The van der Waals surface area contributed by atoms with E-state index >= 15 is 0 Å². The van der Waals surface area contributed by atoms with Gasteiger partial charge in [-0.25, -0.2) is 9.18 Å². The highest BCUT2D eigenvalue weighted by Gasteiger charge is 2.11. The van der Waals surface area contributed by atoms with Gasteiger partial charge in [0.15, 0.2) is 0 Å². The lowest BCUT2D eigenvalue weighted by Gasteiger charge is -2.11. The highest BCUT2D eigenvalue weighted by molar-refractivity contribution is 5.91. The summed E-state index contributed by atoms with van der Waals surface area (Å²) >= 11 is 0. The Bertz CT molecular complexity index is 1250. The molecule has 0 atom stereocenters. The van der Waals surface area contributed by atoms with Crippen molar-refractivity contribution in [1.29, 1.82) is 0 Å². The number of phenols is 1. The molecule has 0 aliphatic carbocycles. The normalized spacial score (nSPS) is 10.5. The molecular weight excluding hydrogens is 411 g/mol. The van der Waals surface area contributed by atoms with Crippen molar-refractivity contribution in [2.45, 2.75) is 6.61 Å². The first-order valence-electron chi connectivity index (χ1n) is 9.80. The average Bonchev–Trinajstić information content (AvgIpc) is 2.80. The van der Waals surface area contributed by atoms with Gasteiger partial charge in [0.1, 0.15) is 41.0 Å². The van der Waals surface area contributed by atoms with Crippen LogP contribution >= 0.6 is 0 Å². The summed E-state index contributed by atoms with van der Waals surface area (Å²) in [5, 5.41) is 18.7. The summed E-state index contributed by atoms with van der Waals surface area (Å²) in [4.78, 5) is 11.2. The summed E-state index contributed by atoms with van der Waals surface area (Å²) < 4.78 is 24.6. The number of rotatable bonds is 7. The van der Waals surface area contributed by atoms with E-state index in [2.05, 4.69) is 0 Å². The Hall–Kier alpha value is -4.32. The maximum atomic E-state index is 13.1. The van der Waals surface area contributed by atoms with Crippen LogP contribution in [0.25, 0.3) is 11.1 Å². The van der Waals surface area contributed by atoms with Crippen molar-refractivity contribution in [1.82, 2.24) is 0 Å². The largest absolute Gasteiger partial charge is 0.507 e. The molecule has 5 nitrogen and oxygen atoms in total. The second kappa shape index (κ2) is 9.22. The van der Waals surface area contributed by atoms with Gasteiger partial charge in [-0.2, -0.15) is 0 Å². The maximum Gasteiger partial charge on any atom is 0.339 e. The van der Waals surface area contributed by atoms with Crippen LogP contribution in [0.5, 0.6) is 23.0 Å². The lowest BCUT2D eigenvalue weighted by atomic mass is 10.0. The van der Waals surface area contributed by atoms with Gasteiger partial charge in [-0.1, -0.05) is 30.3 Å². The zero-order valence-electron chi connectivity index (χ0n) is 16.9. The van der Waals surface area contributed by atoms with Crippen LogP contribution in [-0.4, -0.2) is 16.2 Å². The Kier molecular flexibility index (Phi) is 6.03. The first-order valence-corrected chi connectivity index (χ1v) is 9.80. The molecule has 160 valence electrons. The average molecular weight is 430 g/mol. The number of carbonyl (C=O) groups is 1. The number of aromatic carboxylic acids is 1. The summed E-state index contributed by atoms with van der Waals surface area (Å²) in [5.41, 5.74) is 2.56. The smallest absolute Gasteiger partial charge is 0.339 e. The minimum Gasteiger partial charge on any atom is -0.507 e. The number of carboxylic acid groups (broad SMARTS) is 1. The third kappa shape index (κ3) is 5.05. The van der Waals surface area contributed by atoms with E-state index in [9.17, 15) is 14.3 Å². The van der Waals surface area contributed by atoms with Crippen molar-refractivity contribution in [2.75, 3.05) is 0 Å². The van der Waals surface area contributed by atoms with Crippen molar-refractivity contribution >= 4 is 5.97 Å². The molecule has 2 N–H and O–H groups in total. The Balaban J connectivity index is 1.49. The lowest BCUT2D eigenvalue weighted by molar-refractivity contribution is 0.0693. The van der Waals surface area contributed by atoms with Gasteiger partial charge in [0, 0.05) is 0 Å². The van der Waals surface area contributed by atoms with Gasteiger partial charge >= 0.3 is 5.97 Å². The zero-order chi connectivity index (χ0) is 22.5. The van der Waals surface area contributed by atoms with E-state index in [4.69, 9.17) is 14.6 Å². The molecule has 4 aromatic rings. The summed E-state index contributed by atoms with van der Waals surface area (Å²) in [6, 6.07) is 25.2. The number of hydrogen-bond acceptors (Lipinski definition) is 4. The number of aromatic hydroxyl groups is 1. The van der Waals surface area contributed by atoms with Gasteiger partial charge < -0.3 is 19.7 Å². The standard InChI is InChI=1S/C26H19FO5/c27-20-7-9-21(10-8-20)32-23-6-2-5-19(14-23)18-4-1-3-17(13-18)16-31-22-11-12-25(28)24(15-22)26(29)30/h1-15,28H,16H2,(H,29,30). The van der Waals surface area contributed by atoms with Gasteiger partial charge in [-0.05, 0) is 77.4 Å². The van der Waals surface area contributed by atoms with E-state index in [1.807, 2.05) is 48.5 Å². The molecule has 0 aromatic heterocycles. The molecule has 0 fully saturated rings. The number of hydrogen-bond donors (Lipinski definition) is 2. The number of ether oxygens (including phenoxy) is 2. The first kappa shape index (κ1) is 20.9.